The highest BCUT2D eigenvalue weighted by molar-refractivity contribution is 6.29. The summed E-state index contributed by atoms with van der Waals surface area (Å²) in [4.78, 5) is 29.1. The van der Waals surface area contributed by atoms with Crippen LogP contribution in [-0.2, 0) is 9.59 Å². The number of ether oxygens (including phenoxy) is 2. The smallest absolute Gasteiger partial charge is 0.261 e. The van der Waals surface area contributed by atoms with Crippen LogP contribution in [0.1, 0.15) is 24.8 Å². The fraction of sp³-hybridized carbons (Fsp3) is 0.241. The van der Waals surface area contributed by atoms with Crippen molar-refractivity contribution < 1.29 is 19.1 Å². The summed E-state index contributed by atoms with van der Waals surface area (Å²) < 4.78 is 10.7. The van der Waals surface area contributed by atoms with Crippen molar-refractivity contribution in [2.24, 2.45) is 0 Å². The third kappa shape index (κ3) is 6.05. The van der Waals surface area contributed by atoms with Gasteiger partial charge in [-0.1, -0.05) is 36.4 Å². The normalized spacial score (nSPS) is 12.9. The number of amides is 2. The summed E-state index contributed by atoms with van der Waals surface area (Å²) in [6.45, 7) is 2.09. The summed E-state index contributed by atoms with van der Waals surface area (Å²) in [5, 5.41) is 5.62. The Bertz CT molecular complexity index is 1170. The second-order valence-electron chi connectivity index (χ2n) is 8.51. The maximum absolute atomic E-state index is 13.4. The minimum absolute atomic E-state index is 0.0439. The first kappa shape index (κ1) is 24.9. The van der Waals surface area contributed by atoms with Crippen LogP contribution >= 0.6 is 0 Å². The SMILES string of the molecule is COc1ccccc1NC(=O)C(=Cc1ccc(N2CCCCC2)cc1)C(=O)Nc1ccccc1OC. The van der Waals surface area contributed by atoms with Crippen LogP contribution in [0.15, 0.2) is 78.4 Å². The van der Waals surface area contributed by atoms with Crippen molar-refractivity contribution in [2.45, 2.75) is 19.3 Å². The topological polar surface area (TPSA) is 79.9 Å². The van der Waals surface area contributed by atoms with Gasteiger partial charge in [-0.3, -0.25) is 9.59 Å². The lowest BCUT2D eigenvalue weighted by Crippen LogP contribution is -2.29. The zero-order valence-corrected chi connectivity index (χ0v) is 20.6. The van der Waals surface area contributed by atoms with E-state index < -0.39 is 11.8 Å². The van der Waals surface area contributed by atoms with Crippen LogP contribution in [0.2, 0.25) is 0 Å². The Balaban J connectivity index is 1.63. The van der Waals surface area contributed by atoms with E-state index in [0.29, 0.717) is 22.9 Å². The first-order chi connectivity index (χ1) is 17.6. The first-order valence-corrected chi connectivity index (χ1v) is 12.0. The zero-order valence-electron chi connectivity index (χ0n) is 20.6. The van der Waals surface area contributed by atoms with Gasteiger partial charge in [0.25, 0.3) is 11.8 Å². The van der Waals surface area contributed by atoms with Gasteiger partial charge in [0.05, 0.1) is 25.6 Å². The number of piperidine rings is 1. The van der Waals surface area contributed by atoms with Crippen molar-refractivity contribution in [2.75, 3.05) is 42.8 Å². The minimum atomic E-state index is -0.549. The van der Waals surface area contributed by atoms with E-state index in [-0.39, 0.29) is 5.57 Å². The van der Waals surface area contributed by atoms with E-state index in [2.05, 4.69) is 15.5 Å². The number of hydrogen-bond donors (Lipinski definition) is 2. The highest BCUT2D eigenvalue weighted by Crippen LogP contribution is 2.27. The molecule has 4 rings (SSSR count). The van der Waals surface area contributed by atoms with Crippen LogP contribution in [0.5, 0.6) is 11.5 Å². The lowest BCUT2D eigenvalue weighted by atomic mass is 10.1. The van der Waals surface area contributed by atoms with Crippen molar-refractivity contribution in [1.82, 2.24) is 0 Å². The monoisotopic (exact) mass is 485 g/mol. The van der Waals surface area contributed by atoms with Crippen molar-refractivity contribution in [1.29, 1.82) is 0 Å². The van der Waals surface area contributed by atoms with Gasteiger partial charge in [0.15, 0.2) is 0 Å². The average molecular weight is 486 g/mol. The predicted molar refractivity (Wildman–Crippen MR) is 144 cm³/mol. The molecule has 2 amide bonds. The summed E-state index contributed by atoms with van der Waals surface area (Å²) in [5.41, 5.74) is 2.79. The minimum Gasteiger partial charge on any atom is -0.495 e. The van der Waals surface area contributed by atoms with E-state index in [4.69, 9.17) is 9.47 Å². The summed E-state index contributed by atoms with van der Waals surface area (Å²) in [6, 6.07) is 22.0. The lowest BCUT2D eigenvalue weighted by molar-refractivity contribution is -0.118. The number of benzene rings is 3. The van der Waals surface area contributed by atoms with E-state index >= 15 is 0 Å². The second-order valence-corrected chi connectivity index (χ2v) is 8.51. The van der Waals surface area contributed by atoms with Crippen LogP contribution in [-0.4, -0.2) is 39.1 Å². The summed E-state index contributed by atoms with van der Waals surface area (Å²) in [7, 11) is 3.06. The Morgan fingerprint density at radius 1 is 0.722 bits per heavy atom. The van der Waals surface area contributed by atoms with Gasteiger partial charge in [-0.05, 0) is 67.3 Å². The van der Waals surface area contributed by atoms with Crippen LogP contribution < -0.4 is 25.0 Å². The van der Waals surface area contributed by atoms with Crippen LogP contribution in [0.25, 0.3) is 6.08 Å². The predicted octanol–water partition coefficient (Wildman–Crippen LogP) is 5.35. The standard InChI is InChI=1S/C29H31N3O4/c1-35-26-12-6-4-10-24(26)30-28(33)23(29(34)31-25-11-5-7-13-27(25)36-2)20-21-14-16-22(17-15-21)32-18-8-3-9-19-32/h4-7,10-17,20H,3,8-9,18-19H2,1-2H3,(H,30,33)(H,31,34). The van der Waals surface area contributed by atoms with Crippen molar-refractivity contribution >= 4 is 35.0 Å². The zero-order chi connectivity index (χ0) is 25.3. The fourth-order valence-electron chi connectivity index (χ4n) is 4.21. The van der Waals surface area contributed by atoms with E-state index in [0.717, 1.165) is 24.3 Å². The number of nitrogens with zero attached hydrogens (tertiary/aromatic N) is 1. The molecule has 1 aliphatic heterocycles. The lowest BCUT2D eigenvalue weighted by Gasteiger charge is -2.28. The molecule has 1 aliphatic rings. The molecule has 0 bridgehead atoms. The number of carbonyl (C=O) groups excluding carboxylic acids is 2. The van der Waals surface area contributed by atoms with Gasteiger partial charge in [-0.2, -0.15) is 0 Å². The average Bonchev–Trinajstić information content (AvgIpc) is 2.93. The van der Waals surface area contributed by atoms with E-state index in [1.165, 1.54) is 33.5 Å². The third-order valence-electron chi connectivity index (χ3n) is 6.12. The Labute approximate surface area is 211 Å². The fourth-order valence-corrected chi connectivity index (χ4v) is 4.21. The molecule has 0 spiro atoms. The first-order valence-electron chi connectivity index (χ1n) is 12.0. The van der Waals surface area contributed by atoms with Crippen LogP contribution in [0, 0.1) is 0 Å². The molecule has 36 heavy (non-hydrogen) atoms. The number of para-hydroxylation sites is 4. The molecule has 1 heterocycles. The molecule has 1 saturated heterocycles. The highest BCUT2D eigenvalue weighted by atomic mass is 16.5. The number of rotatable bonds is 8. The Kier molecular flexibility index (Phi) is 8.24. The largest absolute Gasteiger partial charge is 0.495 e. The van der Waals surface area contributed by atoms with Crippen LogP contribution in [0.3, 0.4) is 0 Å². The second kappa shape index (κ2) is 11.9. The maximum Gasteiger partial charge on any atom is 0.261 e. The molecule has 2 N–H and O–H groups in total. The van der Waals surface area contributed by atoms with Crippen molar-refractivity contribution in [3.63, 3.8) is 0 Å². The van der Waals surface area contributed by atoms with E-state index in [9.17, 15) is 9.59 Å². The van der Waals surface area contributed by atoms with Gasteiger partial charge < -0.3 is 25.0 Å². The Morgan fingerprint density at radius 3 is 1.72 bits per heavy atom. The van der Waals surface area contributed by atoms with Gasteiger partial charge in [0.1, 0.15) is 17.1 Å². The Morgan fingerprint density at radius 2 is 1.22 bits per heavy atom. The molecule has 3 aromatic carbocycles. The van der Waals surface area contributed by atoms with Gasteiger partial charge in [0.2, 0.25) is 0 Å². The van der Waals surface area contributed by atoms with Gasteiger partial charge >= 0.3 is 0 Å². The molecule has 0 saturated carbocycles. The molecule has 0 radical (unpaired) electrons. The summed E-state index contributed by atoms with van der Waals surface area (Å²) >= 11 is 0. The van der Waals surface area contributed by atoms with Gasteiger partial charge in [-0.15, -0.1) is 0 Å². The Hall–Kier alpha value is -4.26. The number of nitrogens with one attached hydrogen (secondary N) is 2. The molecule has 186 valence electrons. The van der Waals surface area contributed by atoms with E-state index in [1.807, 2.05) is 36.4 Å². The number of methoxy groups -OCH3 is 2. The molecule has 1 fully saturated rings. The molecule has 3 aromatic rings. The maximum atomic E-state index is 13.4. The van der Waals surface area contributed by atoms with Gasteiger partial charge in [-0.25, -0.2) is 0 Å². The van der Waals surface area contributed by atoms with Crippen LogP contribution in [0.4, 0.5) is 17.1 Å². The molecular weight excluding hydrogens is 454 g/mol. The summed E-state index contributed by atoms with van der Waals surface area (Å²) in [6.07, 6.45) is 5.24. The van der Waals surface area contributed by atoms with Gasteiger partial charge in [0, 0.05) is 18.8 Å². The van der Waals surface area contributed by atoms with Crippen molar-refractivity contribution in [3.8, 4) is 11.5 Å². The number of anilines is 3. The number of carbonyl (C=O) groups is 2. The highest BCUT2D eigenvalue weighted by Gasteiger charge is 2.21. The quantitative estimate of drug-likeness (QED) is 0.255. The molecule has 0 unspecified atom stereocenters. The molecule has 0 aromatic heterocycles. The van der Waals surface area contributed by atoms with E-state index in [1.54, 1.807) is 42.5 Å². The molecular formula is C29H31N3O4. The number of hydrogen-bond acceptors (Lipinski definition) is 5. The molecule has 0 atom stereocenters. The van der Waals surface area contributed by atoms with Crippen molar-refractivity contribution in [3.05, 3.63) is 83.9 Å². The summed E-state index contributed by atoms with van der Waals surface area (Å²) in [5.74, 6) is -0.0959. The molecule has 0 aliphatic carbocycles. The molecule has 7 nitrogen and oxygen atoms in total. The third-order valence-corrected chi connectivity index (χ3v) is 6.12. The molecule has 7 heteroatoms.